The molecule has 8 heteroatoms. The van der Waals surface area contributed by atoms with Crippen LogP contribution in [0, 0.1) is 0 Å². The van der Waals surface area contributed by atoms with E-state index in [0.29, 0.717) is 28.6 Å². The van der Waals surface area contributed by atoms with Crippen molar-refractivity contribution >= 4 is 26.5 Å². The van der Waals surface area contributed by atoms with Crippen LogP contribution >= 0.6 is 0 Å². The third kappa shape index (κ3) is 4.35. The van der Waals surface area contributed by atoms with E-state index in [1.54, 1.807) is 67.9 Å². The largest absolute Gasteiger partial charge is 0.457 e. The van der Waals surface area contributed by atoms with Gasteiger partial charge in [-0.3, -0.25) is 4.21 Å². The number of nitrogens with zero attached hydrogens (tertiary/aromatic N) is 1. The molecule has 6 nitrogen and oxygen atoms in total. The Morgan fingerprint density at radius 3 is 2.48 bits per heavy atom. The fourth-order valence-corrected chi connectivity index (χ4v) is 5.29. The first kappa shape index (κ1) is 21.4. The Labute approximate surface area is 174 Å². The predicted molar refractivity (Wildman–Crippen MR) is 118 cm³/mol. The lowest BCUT2D eigenvalue weighted by Gasteiger charge is -2.34. The molecule has 154 valence electrons. The van der Waals surface area contributed by atoms with E-state index in [-0.39, 0.29) is 16.2 Å². The minimum atomic E-state index is -3.49. The topological polar surface area (TPSA) is 86.5 Å². The molecule has 0 saturated carbocycles. The van der Waals surface area contributed by atoms with Gasteiger partial charge < -0.3 is 10.5 Å². The molecule has 1 aliphatic rings. The van der Waals surface area contributed by atoms with Crippen LogP contribution in [0.1, 0.15) is 6.92 Å². The highest BCUT2D eigenvalue weighted by Crippen LogP contribution is 2.34. The number of hydrogen-bond donors (Lipinski definition) is 1. The van der Waals surface area contributed by atoms with Gasteiger partial charge in [-0.2, -0.15) is 12.3 Å². The lowest BCUT2D eigenvalue weighted by atomic mass is 10.2. The average molecular weight is 434 g/mol. The smallest absolute Gasteiger partial charge is 0.306 e. The van der Waals surface area contributed by atoms with Gasteiger partial charge in [-0.1, -0.05) is 12.1 Å². The van der Waals surface area contributed by atoms with Crippen LogP contribution in [0.25, 0.3) is 0 Å². The standard InChI is InChI=1S/C21H25N2O4S2/c1-3-29(25,26)23(13-5-6-17(15-22)16-23)18-9-11-19(12-10-18)27-20-7-4-8-21(14-20)28(2)24/h4-12,14,16H,3,13,15,22H2,1-2H3/q+1. The Morgan fingerprint density at radius 2 is 1.86 bits per heavy atom. The molecule has 0 bridgehead atoms. The van der Waals surface area contributed by atoms with Crippen molar-refractivity contribution in [1.82, 2.24) is 3.89 Å². The summed E-state index contributed by atoms with van der Waals surface area (Å²) in [5, 5.41) is 0. The molecule has 0 amide bonds. The number of rotatable bonds is 7. The van der Waals surface area contributed by atoms with Gasteiger partial charge in [-0.25, -0.2) is 0 Å². The molecular formula is C21H25N2O4S2+. The van der Waals surface area contributed by atoms with Crippen LogP contribution < -0.4 is 14.4 Å². The predicted octanol–water partition coefficient (Wildman–Crippen LogP) is 3.29. The summed E-state index contributed by atoms with van der Waals surface area (Å²) in [5.74, 6) is 1.14. The molecule has 1 aliphatic heterocycles. The summed E-state index contributed by atoms with van der Waals surface area (Å²) in [7, 11) is -4.58. The first-order valence-corrected chi connectivity index (χ1v) is 12.4. The van der Waals surface area contributed by atoms with Crippen molar-refractivity contribution in [2.45, 2.75) is 11.8 Å². The van der Waals surface area contributed by atoms with Crippen LogP contribution in [0.2, 0.25) is 0 Å². The van der Waals surface area contributed by atoms with Crippen LogP contribution in [-0.2, 0) is 20.8 Å². The van der Waals surface area contributed by atoms with E-state index >= 15 is 0 Å². The molecule has 0 fully saturated rings. The van der Waals surface area contributed by atoms with Gasteiger partial charge in [0.2, 0.25) is 0 Å². The number of sulfonamides is 1. The minimum Gasteiger partial charge on any atom is -0.457 e. The molecule has 0 radical (unpaired) electrons. The highest BCUT2D eigenvalue weighted by atomic mass is 32.2. The van der Waals surface area contributed by atoms with E-state index in [1.165, 1.54) is 0 Å². The van der Waals surface area contributed by atoms with Gasteiger partial charge in [-0.05, 0) is 43.3 Å². The van der Waals surface area contributed by atoms with Crippen molar-refractivity contribution < 1.29 is 17.4 Å². The SMILES string of the molecule is CCS(=O)(=O)[N+]1(c2ccc(Oc3cccc(S(C)=O)c3)cc2)C=C(CN)C=CC1. The molecule has 2 atom stereocenters. The third-order valence-corrected chi connectivity index (χ3v) is 7.93. The second-order valence-corrected chi connectivity index (χ2v) is 10.5. The molecule has 0 aromatic heterocycles. The monoisotopic (exact) mass is 433 g/mol. The quantitative estimate of drug-likeness (QED) is 0.677. The van der Waals surface area contributed by atoms with Crippen molar-refractivity contribution in [3.05, 3.63) is 72.5 Å². The maximum atomic E-state index is 13.0. The Bertz CT molecular complexity index is 1080. The highest BCUT2D eigenvalue weighted by molar-refractivity contribution is 7.91. The van der Waals surface area contributed by atoms with Crippen LogP contribution in [0.4, 0.5) is 5.69 Å². The van der Waals surface area contributed by atoms with Crippen molar-refractivity contribution in [3.63, 3.8) is 0 Å². The summed E-state index contributed by atoms with van der Waals surface area (Å²) in [4.78, 5) is 0.678. The van der Waals surface area contributed by atoms with Crippen LogP contribution in [0.3, 0.4) is 0 Å². The van der Waals surface area contributed by atoms with Crippen molar-refractivity contribution in [2.24, 2.45) is 5.73 Å². The summed E-state index contributed by atoms with van der Waals surface area (Å²) >= 11 is 0. The number of hydrogen-bond acceptors (Lipinski definition) is 5. The van der Waals surface area contributed by atoms with Crippen LogP contribution in [-0.4, -0.2) is 37.7 Å². The van der Waals surface area contributed by atoms with Crippen molar-refractivity contribution in [3.8, 4) is 11.5 Å². The molecule has 2 aromatic carbocycles. The van der Waals surface area contributed by atoms with Gasteiger partial charge in [0.05, 0.1) is 5.75 Å². The van der Waals surface area contributed by atoms with Gasteiger partial charge in [0, 0.05) is 46.2 Å². The Morgan fingerprint density at radius 1 is 1.14 bits per heavy atom. The van der Waals surface area contributed by atoms with Gasteiger partial charge in [0.25, 0.3) is 0 Å². The first-order chi connectivity index (χ1) is 13.8. The van der Waals surface area contributed by atoms with E-state index in [9.17, 15) is 12.6 Å². The van der Waals surface area contributed by atoms with Gasteiger partial charge in [0.1, 0.15) is 24.2 Å². The van der Waals surface area contributed by atoms with Crippen LogP contribution in [0.5, 0.6) is 11.5 Å². The van der Waals surface area contributed by atoms with E-state index < -0.39 is 20.8 Å². The van der Waals surface area contributed by atoms with Crippen molar-refractivity contribution in [1.29, 1.82) is 0 Å². The number of benzene rings is 2. The Kier molecular flexibility index (Phi) is 6.38. The summed E-state index contributed by atoms with van der Waals surface area (Å²) in [5.41, 5.74) is 7.16. The molecule has 2 aromatic rings. The number of ether oxygens (including phenoxy) is 1. The Balaban J connectivity index is 1.95. The fourth-order valence-electron chi connectivity index (χ4n) is 3.23. The maximum Gasteiger partial charge on any atom is 0.306 e. The molecule has 0 saturated heterocycles. The summed E-state index contributed by atoms with van der Waals surface area (Å²) in [6.45, 7) is 2.22. The average Bonchev–Trinajstić information content (AvgIpc) is 2.74. The summed E-state index contributed by atoms with van der Waals surface area (Å²) < 4.78 is 43.2. The zero-order valence-corrected chi connectivity index (χ0v) is 18.1. The molecule has 1 heterocycles. The molecule has 2 unspecified atom stereocenters. The second-order valence-electron chi connectivity index (χ2n) is 6.68. The maximum absolute atomic E-state index is 13.0. The molecule has 29 heavy (non-hydrogen) atoms. The normalized spacial score (nSPS) is 20.2. The summed E-state index contributed by atoms with van der Waals surface area (Å²) in [6, 6.07) is 14.1. The molecule has 2 N–H and O–H groups in total. The molecule has 0 spiro atoms. The van der Waals surface area contributed by atoms with Gasteiger partial charge in [-0.15, -0.1) is 0 Å². The lowest BCUT2D eigenvalue weighted by Crippen LogP contribution is -2.51. The first-order valence-electron chi connectivity index (χ1n) is 9.22. The minimum absolute atomic E-state index is 0.00833. The van der Waals surface area contributed by atoms with E-state index in [0.717, 1.165) is 5.57 Å². The van der Waals surface area contributed by atoms with Gasteiger partial charge in [0.15, 0.2) is 5.69 Å². The second kappa shape index (κ2) is 8.62. The van der Waals surface area contributed by atoms with Gasteiger partial charge >= 0.3 is 10.0 Å². The summed E-state index contributed by atoms with van der Waals surface area (Å²) in [6.07, 6.45) is 7.04. The van der Waals surface area contributed by atoms with E-state index in [4.69, 9.17) is 10.5 Å². The number of nitrogens with two attached hydrogens (primary N) is 1. The molecule has 0 aliphatic carbocycles. The van der Waals surface area contributed by atoms with E-state index in [2.05, 4.69) is 0 Å². The zero-order valence-electron chi connectivity index (χ0n) is 16.4. The zero-order chi connectivity index (χ0) is 21.1. The molecule has 3 rings (SSSR count). The fraction of sp³-hybridized carbons (Fsp3) is 0.238. The highest BCUT2D eigenvalue weighted by Gasteiger charge is 2.42. The van der Waals surface area contributed by atoms with Crippen LogP contribution in [0.15, 0.2) is 77.4 Å². The van der Waals surface area contributed by atoms with Crippen molar-refractivity contribution in [2.75, 3.05) is 25.1 Å². The molecular weight excluding hydrogens is 408 g/mol. The third-order valence-electron chi connectivity index (χ3n) is 4.83. The lowest BCUT2D eigenvalue weighted by molar-refractivity contribution is 0.479. The Hall–Kier alpha value is -2.26. The number of quaternary nitrogens is 1. The van der Waals surface area contributed by atoms with E-state index in [1.807, 2.05) is 12.2 Å².